The number of nitrogens with zero attached hydrogens (tertiary/aromatic N) is 6. The predicted molar refractivity (Wildman–Crippen MR) is 230 cm³/mol. The fourth-order valence-corrected chi connectivity index (χ4v) is 6.16. The molecule has 0 aliphatic carbocycles. The molecule has 0 aliphatic rings. The van der Waals surface area contributed by atoms with E-state index in [4.69, 9.17) is 0 Å². The van der Waals surface area contributed by atoms with E-state index in [-0.39, 0.29) is 53.8 Å². The summed E-state index contributed by atoms with van der Waals surface area (Å²) >= 11 is 0. The topological polar surface area (TPSA) is 79.8 Å². The summed E-state index contributed by atoms with van der Waals surface area (Å²) in [5.74, 6) is 0.341. The quantitative estimate of drug-likeness (QED) is 0.163. The van der Waals surface area contributed by atoms with Gasteiger partial charge in [-0.15, -0.1) is 59.7 Å². The van der Waals surface area contributed by atoms with Gasteiger partial charge in [-0.25, -0.2) is 0 Å². The molecule has 0 spiro atoms. The number of benzene rings is 4. The van der Waals surface area contributed by atoms with E-state index in [1.807, 2.05) is 72.8 Å². The van der Waals surface area contributed by atoms with E-state index in [1.54, 1.807) is 24.5 Å². The molecule has 6 aromatic heterocycles. The summed E-state index contributed by atoms with van der Waals surface area (Å²) in [6, 6.07) is 50.4. The van der Waals surface area contributed by atoms with Crippen LogP contribution in [0.1, 0.15) is 50.9 Å². The first-order valence-corrected chi connectivity index (χ1v) is 19.0. The molecule has 4 aromatic carbocycles. The third-order valence-corrected chi connectivity index (χ3v) is 9.25. The summed E-state index contributed by atoms with van der Waals surface area (Å²) in [6.07, 6.45) is 3.40. The first kappa shape index (κ1) is 45.4. The van der Waals surface area contributed by atoms with Crippen molar-refractivity contribution >= 4 is 43.9 Å². The second-order valence-corrected chi connectivity index (χ2v) is 14.1. The van der Waals surface area contributed by atoms with Gasteiger partial charge in [-0.1, -0.05) is 147 Å². The molecule has 0 bridgehead atoms. The summed E-state index contributed by atoms with van der Waals surface area (Å²) in [4.78, 5) is 26.5. The monoisotopic (exact) mass is 1150 g/mol. The zero-order chi connectivity index (χ0) is 40.4. The van der Waals surface area contributed by atoms with Crippen LogP contribution in [0.25, 0.3) is 66.4 Å². The number of halogens is 2. The molecule has 0 saturated carbocycles. The molecule has 0 unspecified atom stereocenters. The fraction of sp³-hybridized carbons (Fsp3) is 0.120. The van der Waals surface area contributed by atoms with E-state index in [0.29, 0.717) is 11.8 Å². The Kier molecular flexibility index (Phi) is 16.3. The van der Waals surface area contributed by atoms with Gasteiger partial charge in [-0.3, -0.25) is 8.78 Å². The van der Waals surface area contributed by atoms with Crippen LogP contribution >= 0.6 is 0 Å². The van der Waals surface area contributed by atoms with E-state index in [2.05, 4.69) is 106 Å². The van der Waals surface area contributed by atoms with Crippen molar-refractivity contribution in [1.82, 2.24) is 29.9 Å². The Balaban J connectivity index is 0.000000151. The first-order valence-electron chi connectivity index (χ1n) is 19.0. The van der Waals surface area contributed by atoms with Gasteiger partial charge >= 0.3 is 42.1 Å². The van der Waals surface area contributed by atoms with Crippen LogP contribution < -0.4 is 9.97 Å². The summed E-state index contributed by atoms with van der Waals surface area (Å²) in [5, 5.41) is 4.70. The zero-order valence-electron chi connectivity index (χ0n) is 33.2. The average Bonchev–Trinajstić information content (AvgIpc) is 3.83. The van der Waals surface area contributed by atoms with E-state index in [9.17, 15) is 8.78 Å². The van der Waals surface area contributed by atoms with Crippen molar-refractivity contribution in [2.24, 2.45) is 0 Å². The van der Waals surface area contributed by atoms with Crippen LogP contribution in [0.2, 0.25) is 0 Å². The van der Waals surface area contributed by atoms with Gasteiger partial charge in [0.1, 0.15) is 0 Å². The SMILES string of the molecule is CC(C)c1ccc2c(n1)[n-]c1ccccc12.CC(C)c1ccc2c(n1)[n-]c1ccccc12.Fc1c[c-]c(-c2ccccn2)cc1.Fc1c[c-]c(-c2ccccn2)cc1.[Pt+2].[Pt+2]. The Labute approximate surface area is 377 Å². The summed E-state index contributed by atoms with van der Waals surface area (Å²) in [6.45, 7) is 8.60. The normalized spacial score (nSPS) is 10.5. The number of hydrogen-bond donors (Lipinski definition) is 0. The summed E-state index contributed by atoms with van der Waals surface area (Å²) in [5.41, 5.74) is 9.25. The van der Waals surface area contributed by atoms with Gasteiger partial charge in [0.15, 0.2) is 0 Å². The smallest absolute Gasteiger partial charge is 0.439 e. The summed E-state index contributed by atoms with van der Waals surface area (Å²) < 4.78 is 25.1. The van der Waals surface area contributed by atoms with Crippen LogP contribution in [0.3, 0.4) is 0 Å². The molecule has 0 N–H and O–H groups in total. The predicted octanol–water partition coefficient (Wildman–Crippen LogP) is 12.3. The Morgan fingerprint density at radius 3 is 1.20 bits per heavy atom. The number of pyridine rings is 4. The van der Waals surface area contributed by atoms with Gasteiger partial charge in [0, 0.05) is 24.0 Å². The largest absolute Gasteiger partial charge is 2.00 e. The molecule has 10 rings (SSSR count). The maximum absolute atomic E-state index is 12.6. The molecule has 0 aliphatic heterocycles. The maximum atomic E-state index is 12.6. The number of fused-ring (bicyclic) bond motifs is 6. The van der Waals surface area contributed by atoms with Gasteiger partial charge < -0.3 is 29.9 Å². The molecule has 6 heterocycles. The summed E-state index contributed by atoms with van der Waals surface area (Å²) in [7, 11) is 0. The van der Waals surface area contributed by atoms with Crippen LogP contribution in [0.4, 0.5) is 8.78 Å². The molecule has 0 saturated heterocycles. The molecule has 0 amide bonds. The number of rotatable bonds is 4. The van der Waals surface area contributed by atoms with Gasteiger partial charge in [-0.05, 0) is 67.9 Å². The molecule has 0 atom stereocenters. The second-order valence-electron chi connectivity index (χ2n) is 14.1. The molecule has 60 heavy (non-hydrogen) atoms. The van der Waals surface area contributed by atoms with Crippen LogP contribution in [0.5, 0.6) is 0 Å². The van der Waals surface area contributed by atoms with Crippen molar-refractivity contribution < 1.29 is 50.9 Å². The molecule has 10 aromatic rings. The van der Waals surface area contributed by atoms with Crippen molar-refractivity contribution in [3.8, 4) is 22.5 Å². The van der Waals surface area contributed by atoms with Crippen molar-refractivity contribution in [1.29, 1.82) is 0 Å². The molecular formula is C50H40F2N6Pt2. The standard InChI is InChI=1S/2C14H13N2.2C11H7FN.2Pt/c2*1-9(2)12-8-7-11-10-5-3-4-6-13(10)16-14(11)15-12;2*12-10-6-4-9(5-7-10)11-3-1-2-8-13-11;;/h2*3-9H,1-2H3;2*1-4,6-8H;;/q4*-1;2*+2. The third kappa shape index (κ3) is 11.3. The minimum Gasteiger partial charge on any atom is -0.439 e. The van der Waals surface area contributed by atoms with E-state index in [0.717, 1.165) is 67.0 Å². The maximum Gasteiger partial charge on any atom is 2.00 e. The Morgan fingerprint density at radius 1 is 0.450 bits per heavy atom. The number of aromatic nitrogens is 6. The van der Waals surface area contributed by atoms with E-state index in [1.165, 1.54) is 35.0 Å². The van der Waals surface area contributed by atoms with Crippen molar-refractivity contribution in [3.63, 3.8) is 0 Å². The third-order valence-electron chi connectivity index (χ3n) is 9.25. The van der Waals surface area contributed by atoms with Crippen LogP contribution in [0, 0.1) is 23.8 Å². The van der Waals surface area contributed by atoms with Gasteiger partial charge in [-0.2, -0.15) is 0 Å². The minimum absolute atomic E-state index is 0. The van der Waals surface area contributed by atoms with Crippen LogP contribution in [-0.4, -0.2) is 19.9 Å². The Morgan fingerprint density at radius 2 is 0.850 bits per heavy atom. The van der Waals surface area contributed by atoms with Crippen LogP contribution in [0.15, 0.2) is 158 Å². The molecule has 10 heteroatoms. The van der Waals surface area contributed by atoms with Crippen LogP contribution in [-0.2, 0) is 42.1 Å². The fourth-order valence-electron chi connectivity index (χ4n) is 6.16. The Bertz CT molecular complexity index is 2660. The van der Waals surface area contributed by atoms with Crippen molar-refractivity contribution in [2.45, 2.75) is 39.5 Å². The van der Waals surface area contributed by atoms with E-state index >= 15 is 0 Å². The molecule has 6 nitrogen and oxygen atoms in total. The molecule has 0 fully saturated rings. The van der Waals surface area contributed by atoms with E-state index < -0.39 is 0 Å². The Hall–Kier alpha value is -5.68. The zero-order valence-corrected chi connectivity index (χ0v) is 37.8. The minimum atomic E-state index is -0.278. The van der Waals surface area contributed by atoms with Gasteiger partial charge in [0.2, 0.25) is 0 Å². The molecule has 0 radical (unpaired) electrons. The van der Waals surface area contributed by atoms with Gasteiger partial charge in [0.05, 0.1) is 0 Å². The molecule has 304 valence electrons. The second kappa shape index (κ2) is 21.5. The van der Waals surface area contributed by atoms with Gasteiger partial charge in [0.25, 0.3) is 0 Å². The molecular weight excluding hydrogens is 1110 g/mol. The van der Waals surface area contributed by atoms with Crippen molar-refractivity contribution in [2.75, 3.05) is 0 Å². The number of para-hydroxylation sites is 2. The average molecular weight is 1150 g/mol. The number of hydrogen-bond acceptors (Lipinski definition) is 4. The first-order chi connectivity index (χ1) is 28.2. The van der Waals surface area contributed by atoms with Crippen molar-refractivity contribution in [3.05, 3.63) is 193 Å².